The Labute approximate surface area is 175 Å². The number of anilines is 1. The number of phenols is 1. The van der Waals surface area contributed by atoms with E-state index in [1.165, 1.54) is 6.07 Å². The van der Waals surface area contributed by atoms with Crippen molar-refractivity contribution < 1.29 is 14.6 Å². The highest BCUT2D eigenvalue weighted by Crippen LogP contribution is 2.30. The van der Waals surface area contributed by atoms with E-state index < -0.39 is 0 Å². The quantitative estimate of drug-likeness (QED) is 0.579. The van der Waals surface area contributed by atoms with Crippen LogP contribution in [0.4, 0.5) is 5.69 Å². The van der Waals surface area contributed by atoms with E-state index in [0.29, 0.717) is 12.6 Å². The molecule has 158 valence electrons. The standard InChI is InChI=1S/C22H27N5O3/c1-3-27-21-18(13-24-27)20(26-15-8-10-30-11-9-15)17(14(2)25-21)12-23-22(29)16-6-4-5-7-19(16)28/h4-7,13,15,28H,3,8-12H2,1-2H3,(H,23,29)(H,25,26). The lowest BCUT2D eigenvalue weighted by Gasteiger charge is -2.26. The molecule has 0 spiro atoms. The third-order valence-electron chi connectivity index (χ3n) is 5.54. The molecule has 0 saturated carbocycles. The Morgan fingerprint density at radius 2 is 2.07 bits per heavy atom. The third kappa shape index (κ3) is 3.95. The molecule has 8 heteroatoms. The van der Waals surface area contributed by atoms with Crippen molar-refractivity contribution in [3.63, 3.8) is 0 Å². The molecule has 0 atom stereocenters. The summed E-state index contributed by atoms with van der Waals surface area (Å²) in [6.07, 6.45) is 3.68. The van der Waals surface area contributed by atoms with Gasteiger partial charge in [0, 0.05) is 43.6 Å². The van der Waals surface area contributed by atoms with Crippen LogP contribution in [-0.4, -0.2) is 45.0 Å². The van der Waals surface area contributed by atoms with E-state index >= 15 is 0 Å². The fourth-order valence-electron chi connectivity index (χ4n) is 3.83. The molecule has 0 radical (unpaired) electrons. The summed E-state index contributed by atoms with van der Waals surface area (Å²) < 4.78 is 7.37. The molecule has 4 rings (SSSR count). The number of ether oxygens (including phenoxy) is 1. The molecule has 0 aliphatic carbocycles. The van der Waals surface area contributed by atoms with Gasteiger partial charge in [0.1, 0.15) is 5.75 Å². The van der Waals surface area contributed by atoms with Crippen molar-refractivity contribution in [2.75, 3.05) is 18.5 Å². The number of carbonyl (C=O) groups excluding carboxylic acids is 1. The molecule has 1 aromatic carbocycles. The average Bonchev–Trinajstić information content (AvgIpc) is 3.16. The Morgan fingerprint density at radius 3 is 2.80 bits per heavy atom. The smallest absolute Gasteiger partial charge is 0.255 e. The van der Waals surface area contributed by atoms with Crippen LogP contribution in [0.5, 0.6) is 5.75 Å². The summed E-state index contributed by atoms with van der Waals surface area (Å²) in [6.45, 7) is 6.48. The van der Waals surface area contributed by atoms with Crippen molar-refractivity contribution in [2.24, 2.45) is 0 Å². The Kier molecular flexibility index (Phi) is 5.85. The normalized spacial score (nSPS) is 14.7. The third-order valence-corrected chi connectivity index (χ3v) is 5.54. The zero-order valence-corrected chi connectivity index (χ0v) is 17.3. The van der Waals surface area contributed by atoms with Gasteiger partial charge in [0.2, 0.25) is 0 Å². The Morgan fingerprint density at radius 1 is 1.30 bits per heavy atom. The minimum atomic E-state index is -0.325. The van der Waals surface area contributed by atoms with Gasteiger partial charge >= 0.3 is 0 Å². The van der Waals surface area contributed by atoms with Crippen LogP contribution in [0.25, 0.3) is 11.0 Å². The summed E-state index contributed by atoms with van der Waals surface area (Å²) in [5, 5.41) is 22.0. The monoisotopic (exact) mass is 409 g/mol. The van der Waals surface area contributed by atoms with E-state index in [-0.39, 0.29) is 17.2 Å². The lowest BCUT2D eigenvalue weighted by molar-refractivity contribution is 0.0904. The van der Waals surface area contributed by atoms with Gasteiger partial charge in [-0.15, -0.1) is 0 Å². The molecule has 1 fully saturated rings. The van der Waals surface area contributed by atoms with Crippen molar-refractivity contribution in [3.8, 4) is 5.75 Å². The first kappa shape index (κ1) is 20.2. The first-order chi connectivity index (χ1) is 14.6. The molecule has 8 nitrogen and oxygen atoms in total. The summed E-state index contributed by atoms with van der Waals surface area (Å²) in [5.41, 5.74) is 3.81. The van der Waals surface area contributed by atoms with Crippen LogP contribution in [0.15, 0.2) is 30.5 Å². The summed E-state index contributed by atoms with van der Waals surface area (Å²) in [6, 6.07) is 6.82. The van der Waals surface area contributed by atoms with Crippen molar-refractivity contribution in [1.29, 1.82) is 0 Å². The minimum absolute atomic E-state index is 0.0370. The van der Waals surface area contributed by atoms with E-state index in [1.807, 2.05) is 24.7 Å². The number of rotatable bonds is 6. The zero-order valence-electron chi connectivity index (χ0n) is 17.3. The average molecular weight is 409 g/mol. The fraction of sp³-hybridized carbons (Fsp3) is 0.409. The zero-order chi connectivity index (χ0) is 21.1. The van der Waals surface area contributed by atoms with Gasteiger partial charge in [0.25, 0.3) is 5.91 Å². The Bertz CT molecular complexity index is 1060. The van der Waals surface area contributed by atoms with Crippen LogP contribution in [0.2, 0.25) is 0 Å². The highest BCUT2D eigenvalue weighted by atomic mass is 16.5. The van der Waals surface area contributed by atoms with Gasteiger partial charge in [-0.2, -0.15) is 5.10 Å². The van der Waals surface area contributed by atoms with Crippen LogP contribution in [-0.2, 0) is 17.8 Å². The lowest BCUT2D eigenvalue weighted by atomic mass is 10.0. The summed E-state index contributed by atoms with van der Waals surface area (Å²) in [5.74, 6) is -0.362. The number of aromatic nitrogens is 3. The molecule has 1 saturated heterocycles. The van der Waals surface area contributed by atoms with Gasteiger partial charge in [-0.3, -0.25) is 4.79 Å². The Hall–Kier alpha value is -3.13. The van der Waals surface area contributed by atoms with Crippen LogP contribution in [0.3, 0.4) is 0 Å². The number of benzene rings is 1. The van der Waals surface area contributed by atoms with Gasteiger partial charge in [-0.25, -0.2) is 9.67 Å². The van der Waals surface area contributed by atoms with Gasteiger partial charge in [0.15, 0.2) is 5.65 Å². The molecule has 3 heterocycles. The molecule has 3 aromatic rings. The first-order valence-corrected chi connectivity index (χ1v) is 10.3. The van der Waals surface area contributed by atoms with Gasteiger partial charge in [-0.05, 0) is 38.8 Å². The predicted molar refractivity (Wildman–Crippen MR) is 115 cm³/mol. The molecular formula is C22H27N5O3. The molecule has 3 N–H and O–H groups in total. The maximum Gasteiger partial charge on any atom is 0.255 e. The number of phenolic OH excluding ortho intramolecular Hbond substituents is 1. The van der Waals surface area contributed by atoms with Crippen LogP contribution in [0, 0.1) is 6.92 Å². The number of amides is 1. The van der Waals surface area contributed by atoms with Crippen LogP contribution < -0.4 is 10.6 Å². The maximum atomic E-state index is 12.6. The van der Waals surface area contributed by atoms with Gasteiger partial charge in [0.05, 0.1) is 22.8 Å². The predicted octanol–water partition coefficient (Wildman–Crippen LogP) is 2.99. The largest absolute Gasteiger partial charge is 0.507 e. The number of fused-ring (bicyclic) bond motifs is 1. The number of hydrogen-bond donors (Lipinski definition) is 3. The molecular weight excluding hydrogens is 382 g/mol. The number of aromatic hydroxyl groups is 1. The highest BCUT2D eigenvalue weighted by molar-refractivity contribution is 5.97. The minimum Gasteiger partial charge on any atom is -0.507 e. The lowest BCUT2D eigenvalue weighted by Crippen LogP contribution is -2.30. The number of hydrogen-bond acceptors (Lipinski definition) is 6. The molecule has 2 aromatic heterocycles. The molecule has 0 unspecified atom stereocenters. The van der Waals surface area contributed by atoms with Gasteiger partial charge in [-0.1, -0.05) is 12.1 Å². The second kappa shape index (κ2) is 8.71. The topological polar surface area (TPSA) is 101 Å². The Balaban J connectivity index is 1.67. The van der Waals surface area contributed by atoms with Crippen molar-refractivity contribution >= 4 is 22.6 Å². The summed E-state index contributed by atoms with van der Waals surface area (Å²) >= 11 is 0. The van der Waals surface area contributed by atoms with Gasteiger partial charge < -0.3 is 20.5 Å². The number of aryl methyl sites for hydroxylation is 2. The second-order valence-corrected chi connectivity index (χ2v) is 7.48. The maximum absolute atomic E-state index is 12.6. The number of para-hydroxylation sites is 1. The number of pyridine rings is 1. The highest BCUT2D eigenvalue weighted by Gasteiger charge is 2.21. The van der Waals surface area contributed by atoms with Crippen LogP contribution >= 0.6 is 0 Å². The second-order valence-electron chi connectivity index (χ2n) is 7.48. The number of nitrogens with zero attached hydrogens (tertiary/aromatic N) is 3. The molecule has 1 aliphatic heterocycles. The SMILES string of the molecule is CCn1ncc2c(NC3CCOCC3)c(CNC(=O)c3ccccc3O)c(C)nc21. The van der Waals surface area contributed by atoms with E-state index in [0.717, 1.165) is 60.6 Å². The van der Waals surface area contributed by atoms with E-state index in [2.05, 4.69) is 15.7 Å². The van der Waals surface area contributed by atoms with Crippen molar-refractivity contribution in [3.05, 3.63) is 47.3 Å². The van der Waals surface area contributed by atoms with Crippen molar-refractivity contribution in [2.45, 2.75) is 45.8 Å². The molecule has 30 heavy (non-hydrogen) atoms. The summed E-state index contributed by atoms with van der Waals surface area (Å²) in [7, 11) is 0. The number of carbonyl (C=O) groups is 1. The van der Waals surface area contributed by atoms with Crippen molar-refractivity contribution in [1.82, 2.24) is 20.1 Å². The molecule has 1 aliphatic rings. The first-order valence-electron chi connectivity index (χ1n) is 10.3. The molecule has 1 amide bonds. The van der Waals surface area contributed by atoms with E-state index in [9.17, 15) is 9.90 Å². The van der Waals surface area contributed by atoms with Crippen LogP contribution in [0.1, 0.15) is 41.4 Å². The number of nitrogens with one attached hydrogen (secondary N) is 2. The fourth-order valence-corrected chi connectivity index (χ4v) is 3.83. The van der Waals surface area contributed by atoms with E-state index in [4.69, 9.17) is 9.72 Å². The summed E-state index contributed by atoms with van der Waals surface area (Å²) in [4.78, 5) is 17.4. The van der Waals surface area contributed by atoms with E-state index in [1.54, 1.807) is 18.2 Å². The molecule has 0 bridgehead atoms.